The van der Waals surface area contributed by atoms with Crippen molar-refractivity contribution in [2.45, 2.75) is 57.6 Å². The van der Waals surface area contributed by atoms with Crippen LogP contribution >= 0.6 is 11.3 Å². The summed E-state index contributed by atoms with van der Waals surface area (Å²) in [4.78, 5) is 4.43. The van der Waals surface area contributed by atoms with Crippen molar-refractivity contribution in [2.24, 2.45) is 5.92 Å². The van der Waals surface area contributed by atoms with Crippen LogP contribution in [0.5, 0.6) is 0 Å². The minimum atomic E-state index is 0.00167. The number of hydrogen-bond donors (Lipinski definition) is 1. The first kappa shape index (κ1) is 14.9. The zero-order valence-corrected chi connectivity index (χ0v) is 13.1. The van der Waals surface area contributed by atoms with Gasteiger partial charge in [-0.15, -0.1) is 11.3 Å². The third kappa shape index (κ3) is 3.56. The quantitative estimate of drug-likeness (QED) is 0.869. The number of rotatable bonds is 6. The van der Waals surface area contributed by atoms with Gasteiger partial charge in [-0.25, -0.2) is 4.98 Å². The van der Waals surface area contributed by atoms with Gasteiger partial charge in [0.25, 0.3) is 0 Å². The van der Waals surface area contributed by atoms with Gasteiger partial charge in [0.1, 0.15) is 0 Å². The second-order valence-corrected chi connectivity index (χ2v) is 6.63. The highest BCUT2D eigenvalue weighted by Crippen LogP contribution is 2.38. The monoisotopic (exact) mass is 282 g/mol. The molecule has 0 aliphatic heterocycles. The van der Waals surface area contributed by atoms with Gasteiger partial charge in [-0.1, -0.05) is 6.92 Å². The van der Waals surface area contributed by atoms with Crippen LogP contribution in [0.2, 0.25) is 0 Å². The van der Waals surface area contributed by atoms with Gasteiger partial charge in [0.05, 0.1) is 10.6 Å². The smallest absolute Gasteiger partial charge is 0.0941 e. The van der Waals surface area contributed by atoms with Gasteiger partial charge in [0, 0.05) is 30.6 Å². The Bertz CT molecular complexity index is 358. The SMILES string of the molecule is CCOC1(C(Cc2nccs2)NC)CCC(C)CC1. The maximum Gasteiger partial charge on any atom is 0.0941 e. The summed E-state index contributed by atoms with van der Waals surface area (Å²) < 4.78 is 6.23. The summed E-state index contributed by atoms with van der Waals surface area (Å²) in [6, 6.07) is 0.367. The lowest BCUT2D eigenvalue weighted by Crippen LogP contribution is -2.54. The number of thiazole rings is 1. The largest absolute Gasteiger partial charge is 0.374 e. The average molecular weight is 282 g/mol. The molecular formula is C15H26N2OS. The number of ether oxygens (including phenoxy) is 1. The molecule has 0 aromatic carbocycles. The Balaban J connectivity index is 2.10. The average Bonchev–Trinajstić information content (AvgIpc) is 2.92. The maximum absolute atomic E-state index is 6.23. The van der Waals surface area contributed by atoms with Crippen LogP contribution in [0.25, 0.3) is 0 Å². The van der Waals surface area contributed by atoms with E-state index in [1.165, 1.54) is 30.7 Å². The number of aromatic nitrogens is 1. The molecule has 19 heavy (non-hydrogen) atoms. The molecule has 1 fully saturated rings. The van der Waals surface area contributed by atoms with E-state index in [2.05, 4.69) is 36.6 Å². The fourth-order valence-electron chi connectivity index (χ4n) is 3.21. The molecule has 1 atom stereocenters. The predicted molar refractivity (Wildman–Crippen MR) is 80.7 cm³/mol. The lowest BCUT2D eigenvalue weighted by Gasteiger charge is -2.44. The molecule has 3 nitrogen and oxygen atoms in total. The molecule has 0 radical (unpaired) electrons. The minimum absolute atomic E-state index is 0.00167. The highest BCUT2D eigenvalue weighted by molar-refractivity contribution is 7.09. The van der Waals surface area contributed by atoms with Crippen molar-refractivity contribution in [1.29, 1.82) is 0 Å². The summed E-state index contributed by atoms with van der Waals surface area (Å²) in [5.41, 5.74) is 0.00167. The van der Waals surface area contributed by atoms with Crippen molar-refractivity contribution < 1.29 is 4.74 Å². The molecule has 1 unspecified atom stereocenters. The lowest BCUT2D eigenvalue weighted by atomic mass is 9.74. The molecule has 0 amide bonds. The Morgan fingerprint density at radius 1 is 1.53 bits per heavy atom. The first-order chi connectivity index (χ1) is 9.20. The van der Waals surface area contributed by atoms with Crippen molar-refractivity contribution in [3.63, 3.8) is 0 Å². The van der Waals surface area contributed by atoms with E-state index < -0.39 is 0 Å². The highest BCUT2D eigenvalue weighted by atomic mass is 32.1. The van der Waals surface area contributed by atoms with Crippen LogP contribution < -0.4 is 5.32 Å². The molecule has 1 heterocycles. The van der Waals surface area contributed by atoms with Crippen LogP contribution in [0.4, 0.5) is 0 Å². The fourth-order valence-corrected chi connectivity index (χ4v) is 3.87. The van der Waals surface area contributed by atoms with E-state index in [9.17, 15) is 0 Å². The normalized spacial score (nSPS) is 29.3. The summed E-state index contributed by atoms with van der Waals surface area (Å²) in [6.07, 6.45) is 7.75. The van der Waals surface area contributed by atoms with E-state index in [-0.39, 0.29) is 5.60 Å². The molecule has 1 aliphatic rings. The van der Waals surface area contributed by atoms with E-state index in [1.807, 2.05) is 6.20 Å². The van der Waals surface area contributed by atoms with Crippen LogP contribution in [0.15, 0.2) is 11.6 Å². The molecule has 1 aromatic heterocycles. The lowest BCUT2D eigenvalue weighted by molar-refractivity contribution is -0.0947. The Hall–Kier alpha value is -0.450. The van der Waals surface area contributed by atoms with Crippen LogP contribution in [0.3, 0.4) is 0 Å². The minimum Gasteiger partial charge on any atom is -0.374 e. The van der Waals surface area contributed by atoms with Gasteiger partial charge >= 0.3 is 0 Å². The van der Waals surface area contributed by atoms with Crippen molar-refractivity contribution in [3.8, 4) is 0 Å². The highest BCUT2D eigenvalue weighted by Gasteiger charge is 2.41. The summed E-state index contributed by atoms with van der Waals surface area (Å²) in [7, 11) is 2.05. The van der Waals surface area contributed by atoms with Gasteiger partial charge in [-0.3, -0.25) is 0 Å². The molecule has 0 spiro atoms. The van der Waals surface area contributed by atoms with Gasteiger partial charge in [-0.05, 0) is 45.6 Å². The second-order valence-electron chi connectivity index (χ2n) is 5.65. The fraction of sp³-hybridized carbons (Fsp3) is 0.800. The molecule has 1 aromatic rings. The van der Waals surface area contributed by atoms with E-state index in [1.54, 1.807) is 11.3 Å². The molecule has 1 N–H and O–H groups in total. The molecule has 2 rings (SSSR count). The third-order valence-corrected chi connectivity index (χ3v) is 5.20. The van der Waals surface area contributed by atoms with Crippen LogP contribution in [0, 0.1) is 5.92 Å². The summed E-state index contributed by atoms with van der Waals surface area (Å²) in [6.45, 7) is 5.26. The number of likely N-dealkylation sites (N-methyl/N-ethyl adjacent to an activating group) is 1. The Morgan fingerprint density at radius 2 is 2.26 bits per heavy atom. The molecule has 1 aliphatic carbocycles. The van der Waals surface area contributed by atoms with Crippen LogP contribution in [-0.4, -0.2) is 30.3 Å². The zero-order valence-electron chi connectivity index (χ0n) is 12.3. The predicted octanol–water partition coefficient (Wildman–Crippen LogP) is 3.26. The van der Waals surface area contributed by atoms with E-state index in [0.29, 0.717) is 6.04 Å². The molecule has 0 saturated heterocycles. The Labute approximate surface area is 120 Å². The zero-order chi connectivity index (χ0) is 13.7. The third-order valence-electron chi connectivity index (χ3n) is 4.40. The van der Waals surface area contributed by atoms with Crippen molar-refractivity contribution in [1.82, 2.24) is 10.3 Å². The number of hydrogen-bond acceptors (Lipinski definition) is 4. The van der Waals surface area contributed by atoms with Crippen LogP contribution in [-0.2, 0) is 11.2 Å². The molecule has 4 heteroatoms. The summed E-state index contributed by atoms with van der Waals surface area (Å²) in [5, 5.41) is 6.75. The van der Waals surface area contributed by atoms with Gasteiger partial charge in [-0.2, -0.15) is 0 Å². The standard InChI is InChI=1S/C15H26N2OS/c1-4-18-15(7-5-12(2)6-8-15)13(16-3)11-14-17-9-10-19-14/h9-10,12-13,16H,4-8,11H2,1-3H3. The Morgan fingerprint density at radius 3 is 2.79 bits per heavy atom. The summed E-state index contributed by atoms with van der Waals surface area (Å²) >= 11 is 1.74. The van der Waals surface area contributed by atoms with Crippen molar-refractivity contribution in [3.05, 3.63) is 16.6 Å². The molecular weight excluding hydrogens is 256 g/mol. The van der Waals surface area contributed by atoms with Gasteiger partial charge in [0.15, 0.2) is 0 Å². The number of nitrogens with zero attached hydrogens (tertiary/aromatic N) is 1. The first-order valence-electron chi connectivity index (χ1n) is 7.39. The topological polar surface area (TPSA) is 34.1 Å². The second kappa shape index (κ2) is 6.82. The molecule has 0 bridgehead atoms. The van der Waals surface area contributed by atoms with E-state index >= 15 is 0 Å². The first-order valence-corrected chi connectivity index (χ1v) is 8.27. The van der Waals surface area contributed by atoms with E-state index in [4.69, 9.17) is 4.74 Å². The maximum atomic E-state index is 6.23. The number of nitrogens with one attached hydrogen (secondary N) is 1. The van der Waals surface area contributed by atoms with E-state index in [0.717, 1.165) is 18.9 Å². The van der Waals surface area contributed by atoms with Gasteiger partial charge in [0.2, 0.25) is 0 Å². The van der Waals surface area contributed by atoms with Crippen molar-refractivity contribution >= 4 is 11.3 Å². The summed E-state index contributed by atoms with van der Waals surface area (Å²) in [5.74, 6) is 0.839. The van der Waals surface area contributed by atoms with Gasteiger partial charge < -0.3 is 10.1 Å². The van der Waals surface area contributed by atoms with Crippen LogP contribution in [0.1, 0.15) is 44.5 Å². The molecule has 108 valence electrons. The van der Waals surface area contributed by atoms with Crippen molar-refractivity contribution in [2.75, 3.05) is 13.7 Å². The molecule has 1 saturated carbocycles. The Kier molecular flexibility index (Phi) is 5.37.